The molecule has 1 heterocycles. The Balaban J connectivity index is 1.63. The highest BCUT2D eigenvalue weighted by Gasteiger charge is 2.55. The summed E-state index contributed by atoms with van der Waals surface area (Å²) in [6.07, 6.45) is 2.54. The fourth-order valence-electron chi connectivity index (χ4n) is 3.94. The number of aryl methyl sites for hydroxylation is 2. The Labute approximate surface area is 132 Å². The molecule has 0 saturated heterocycles. The predicted octanol–water partition coefficient (Wildman–Crippen LogP) is 4.79. The van der Waals surface area contributed by atoms with Gasteiger partial charge in [-0.1, -0.05) is 24.3 Å². The monoisotopic (exact) mass is 347 g/mol. The molecule has 4 atom stereocenters. The Morgan fingerprint density at radius 1 is 1.35 bits per heavy atom. The third-order valence-corrected chi connectivity index (χ3v) is 7.25. The van der Waals surface area contributed by atoms with Crippen LogP contribution in [-0.4, -0.2) is 0 Å². The second-order valence-corrected chi connectivity index (χ2v) is 8.23. The van der Waals surface area contributed by atoms with Crippen molar-refractivity contribution in [3.63, 3.8) is 0 Å². The van der Waals surface area contributed by atoms with E-state index in [-0.39, 0.29) is 6.04 Å². The summed E-state index contributed by atoms with van der Waals surface area (Å²) < 4.78 is 1.21. The lowest BCUT2D eigenvalue weighted by Gasteiger charge is -2.13. The third-order valence-electron chi connectivity index (χ3n) is 5.01. The van der Waals surface area contributed by atoms with Gasteiger partial charge in [-0.3, -0.25) is 0 Å². The molecule has 104 valence electrons. The quantitative estimate of drug-likeness (QED) is 0.829. The van der Waals surface area contributed by atoms with Crippen LogP contribution in [-0.2, 0) is 6.42 Å². The van der Waals surface area contributed by atoms with Crippen molar-refractivity contribution in [3.8, 4) is 0 Å². The minimum Gasteiger partial charge on any atom is -0.323 e. The highest BCUT2D eigenvalue weighted by Crippen LogP contribution is 2.64. The molecule has 0 spiro atoms. The second-order valence-electron chi connectivity index (χ2n) is 6.08. The predicted molar refractivity (Wildman–Crippen MR) is 88.2 cm³/mol. The van der Waals surface area contributed by atoms with Crippen molar-refractivity contribution in [2.45, 2.75) is 31.7 Å². The minimum atomic E-state index is 0.200. The largest absolute Gasteiger partial charge is 0.323 e. The lowest BCUT2D eigenvalue weighted by Crippen LogP contribution is -2.12. The van der Waals surface area contributed by atoms with Gasteiger partial charge in [0.25, 0.3) is 0 Å². The fraction of sp³-hybridized carbons (Fsp3) is 0.412. The molecule has 2 N–H and O–H groups in total. The van der Waals surface area contributed by atoms with Gasteiger partial charge in [-0.15, -0.1) is 11.3 Å². The molecule has 1 aromatic carbocycles. The molecule has 1 saturated carbocycles. The SMILES string of the molecule is Cc1sc(C(N)C2C3CCc4ccccc4C32)cc1Br. The topological polar surface area (TPSA) is 26.0 Å². The molecule has 2 aromatic rings. The van der Waals surface area contributed by atoms with E-state index in [2.05, 4.69) is 53.2 Å². The zero-order valence-corrected chi connectivity index (χ0v) is 13.9. The first kappa shape index (κ1) is 13.1. The van der Waals surface area contributed by atoms with Crippen LogP contribution in [0.15, 0.2) is 34.8 Å². The first-order valence-electron chi connectivity index (χ1n) is 7.26. The number of fused-ring (bicyclic) bond motifs is 3. The van der Waals surface area contributed by atoms with Crippen molar-refractivity contribution in [2.75, 3.05) is 0 Å². The van der Waals surface area contributed by atoms with Crippen molar-refractivity contribution < 1.29 is 0 Å². The van der Waals surface area contributed by atoms with E-state index in [0.717, 1.165) is 5.92 Å². The molecule has 1 aromatic heterocycles. The number of rotatable bonds is 2. The zero-order valence-electron chi connectivity index (χ0n) is 11.5. The first-order chi connectivity index (χ1) is 9.66. The van der Waals surface area contributed by atoms with Crippen molar-refractivity contribution in [1.29, 1.82) is 0 Å². The maximum Gasteiger partial charge on any atom is 0.0427 e. The van der Waals surface area contributed by atoms with E-state index in [0.29, 0.717) is 11.8 Å². The van der Waals surface area contributed by atoms with E-state index in [9.17, 15) is 0 Å². The summed E-state index contributed by atoms with van der Waals surface area (Å²) in [6.45, 7) is 2.15. The molecule has 20 heavy (non-hydrogen) atoms. The Morgan fingerprint density at radius 3 is 2.90 bits per heavy atom. The molecule has 1 nitrogen and oxygen atoms in total. The van der Waals surface area contributed by atoms with Crippen LogP contribution >= 0.6 is 27.3 Å². The summed E-state index contributed by atoms with van der Waals surface area (Å²) in [5.74, 6) is 2.15. The van der Waals surface area contributed by atoms with Crippen molar-refractivity contribution >= 4 is 27.3 Å². The van der Waals surface area contributed by atoms with E-state index in [1.165, 1.54) is 27.1 Å². The number of benzene rings is 1. The molecule has 3 heteroatoms. The van der Waals surface area contributed by atoms with E-state index in [1.807, 2.05) is 11.3 Å². The summed E-state index contributed by atoms with van der Waals surface area (Å²) in [5, 5.41) is 0. The Morgan fingerprint density at radius 2 is 2.15 bits per heavy atom. The molecule has 2 aliphatic rings. The van der Waals surface area contributed by atoms with Crippen molar-refractivity contribution in [1.82, 2.24) is 0 Å². The molecule has 0 bridgehead atoms. The summed E-state index contributed by atoms with van der Waals surface area (Å²) >= 11 is 5.46. The molecule has 4 rings (SSSR count). The van der Waals surface area contributed by atoms with Gasteiger partial charge in [0.2, 0.25) is 0 Å². The highest BCUT2D eigenvalue weighted by molar-refractivity contribution is 9.10. The maximum atomic E-state index is 6.59. The number of nitrogens with two attached hydrogens (primary N) is 1. The Bertz CT molecular complexity index is 643. The van der Waals surface area contributed by atoms with Crippen molar-refractivity contribution in [2.24, 2.45) is 17.6 Å². The second kappa shape index (κ2) is 4.69. The molecular weight excluding hydrogens is 330 g/mol. The first-order valence-corrected chi connectivity index (χ1v) is 8.87. The average molecular weight is 348 g/mol. The van der Waals surface area contributed by atoms with Gasteiger partial charge in [-0.25, -0.2) is 0 Å². The molecule has 0 amide bonds. The minimum absolute atomic E-state index is 0.200. The highest BCUT2D eigenvalue weighted by atomic mass is 79.9. The van der Waals surface area contributed by atoms with Gasteiger partial charge < -0.3 is 5.73 Å². The number of hydrogen-bond acceptors (Lipinski definition) is 2. The van der Waals surface area contributed by atoms with E-state index in [4.69, 9.17) is 5.73 Å². The summed E-state index contributed by atoms with van der Waals surface area (Å²) in [6, 6.07) is 11.4. The smallest absolute Gasteiger partial charge is 0.0427 e. The third kappa shape index (κ3) is 1.91. The van der Waals surface area contributed by atoms with Gasteiger partial charge in [-0.2, -0.15) is 0 Å². The summed E-state index contributed by atoms with van der Waals surface area (Å²) in [4.78, 5) is 2.67. The van der Waals surface area contributed by atoms with Crippen LogP contribution < -0.4 is 5.73 Å². The van der Waals surface area contributed by atoms with Crippen molar-refractivity contribution in [3.05, 3.63) is 55.7 Å². The molecular formula is C17H18BrNS. The molecule has 4 unspecified atom stereocenters. The van der Waals surface area contributed by atoms with E-state index < -0.39 is 0 Å². The molecule has 0 aliphatic heterocycles. The summed E-state index contributed by atoms with van der Waals surface area (Å²) in [5.41, 5.74) is 9.70. The van der Waals surface area contributed by atoms with Crippen LogP contribution in [0, 0.1) is 18.8 Å². The van der Waals surface area contributed by atoms with Crippen LogP contribution in [0.3, 0.4) is 0 Å². The van der Waals surface area contributed by atoms with Gasteiger partial charge in [0, 0.05) is 20.3 Å². The Kier molecular flexibility index (Phi) is 3.06. The summed E-state index contributed by atoms with van der Waals surface area (Å²) in [7, 11) is 0. The fourth-order valence-corrected chi connectivity index (χ4v) is 5.57. The average Bonchev–Trinajstić information content (AvgIpc) is 3.11. The van der Waals surface area contributed by atoms with Crippen LogP contribution in [0.1, 0.15) is 39.3 Å². The lowest BCUT2D eigenvalue weighted by molar-refractivity contribution is 0.561. The van der Waals surface area contributed by atoms with Gasteiger partial charge in [0.05, 0.1) is 0 Å². The maximum absolute atomic E-state index is 6.59. The van der Waals surface area contributed by atoms with Gasteiger partial charge in [0.1, 0.15) is 0 Å². The normalized spacial score (nSPS) is 28.6. The number of thiophene rings is 1. The van der Waals surface area contributed by atoms with E-state index in [1.54, 1.807) is 11.1 Å². The number of halogens is 1. The lowest BCUT2D eigenvalue weighted by atomic mass is 9.92. The number of hydrogen-bond donors (Lipinski definition) is 1. The van der Waals surface area contributed by atoms with Crippen LogP contribution in [0.25, 0.3) is 0 Å². The molecule has 0 radical (unpaired) electrons. The van der Waals surface area contributed by atoms with Crippen LogP contribution in [0.4, 0.5) is 0 Å². The molecule has 2 aliphatic carbocycles. The standard InChI is InChI=1S/C17H18BrNS/c1-9-13(18)8-14(20-9)17(19)16-12-7-6-10-4-2-3-5-11(10)15(12)16/h2-5,8,12,15-17H,6-7,19H2,1H3. The van der Waals surface area contributed by atoms with Gasteiger partial charge in [-0.05, 0) is 70.6 Å². The van der Waals surface area contributed by atoms with Gasteiger partial charge in [0.15, 0.2) is 0 Å². The molecule has 1 fully saturated rings. The van der Waals surface area contributed by atoms with Crippen LogP contribution in [0.5, 0.6) is 0 Å². The van der Waals surface area contributed by atoms with Crippen LogP contribution in [0.2, 0.25) is 0 Å². The zero-order chi connectivity index (χ0) is 13.9. The van der Waals surface area contributed by atoms with Gasteiger partial charge >= 0.3 is 0 Å². The Hall–Kier alpha value is -0.640. The van der Waals surface area contributed by atoms with E-state index >= 15 is 0 Å².